The van der Waals surface area contributed by atoms with Gasteiger partial charge in [0.15, 0.2) is 0 Å². The number of hydrogen-bond acceptors (Lipinski definition) is 5. The summed E-state index contributed by atoms with van der Waals surface area (Å²) in [4.78, 5) is 29.0. The molecule has 3 aromatic rings. The van der Waals surface area contributed by atoms with Gasteiger partial charge >= 0.3 is 0 Å². The van der Waals surface area contributed by atoms with Crippen LogP contribution in [0.5, 0.6) is 0 Å². The van der Waals surface area contributed by atoms with Gasteiger partial charge in [-0.2, -0.15) is 0 Å². The minimum absolute atomic E-state index is 0.136. The van der Waals surface area contributed by atoms with Crippen molar-refractivity contribution in [2.45, 2.75) is 13.5 Å². The third kappa shape index (κ3) is 3.48. The Balaban J connectivity index is 1.83. The molecule has 1 amide bonds. The maximum Gasteiger partial charge on any atom is 0.254 e. The van der Waals surface area contributed by atoms with Crippen molar-refractivity contribution in [3.63, 3.8) is 0 Å². The first-order valence-electron chi connectivity index (χ1n) is 8.55. The number of pyridine rings is 2. The zero-order valence-corrected chi connectivity index (χ0v) is 14.7. The molecule has 0 unspecified atom stereocenters. The van der Waals surface area contributed by atoms with Crippen LogP contribution in [0.25, 0.3) is 11.4 Å². The van der Waals surface area contributed by atoms with Crippen molar-refractivity contribution in [3.8, 4) is 11.4 Å². The van der Waals surface area contributed by atoms with E-state index in [9.17, 15) is 4.79 Å². The van der Waals surface area contributed by atoms with E-state index in [4.69, 9.17) is 0 Å². The van der Waals surface area contributed by atoms with Crippen LogP contribution in [-0.2, 0) is 6.54 Å². The summed E-state index contributed by atoms with van der Waals surface area (Å²) in [5.41, 5.74) is 4.32. The summed E-state index contributed by atoms with van der Waals surface area (Å²) < 4.78 is 0. The van der Waals surface area contributed by atoms with Gasteiger partial charge in [-0.25, -0.2) is 4.98 Å². The highest BCUT2D eigenvalue weighted by Crippen LogP contribution is 2.31. The second kappa shape index (κ2) is 7.25. The molecule has 1 aliphatic heterocycles. The van der Waals surface area contributed by atoms with Crippen molar-refractivity contribution in [1.29, 1.82) is 0 Å². The molecule has 4 heterocycles. The molecule has 3 aromatic heterocycles. The molecule has 0 saturated heterocycles. The Morgan fingerprint density at radius 1 is 1.04 bits per heavy atom. The number of aromatic nitrogens is 4. The van der Waals surface area contributed by atoms with E-state index in [0.717, 1.165) is 11.3 Å². The zero-order chi connectivity index (χ0) is 18.6. The van der Waals surface area contributed by atoms with Gasteiger partial charge in [0.05, 0.1) is 23.1 Å². The van der Waals surface area contributed by atoms with Crippen molar-refractivity contribution in [3.05, 3.63) is 78.0 Å². The number of aryl methyl sites for hydroxylation is 1. The summed E-state index contributed by atoms with van der Waals surface area (Å²) >= 11 is 0. The average Bonchev–Trinajstić information content (AvgIpc) is 3.11. The highest BCUT2D eigenvalue weighted by atomic mass is 16.1. The van der Waals surface area contributed by atoms with Crippen molar-refractivity contribution < 1.29 is 4.79 Å². The molecule has 0 radical (unpaired) electrons. The van der Waals surface area contributed by atoms with Crippen LogP contribution >= 0.6 is 0 Å². The van der Waals surface area contributed by atoms with E-state index in [1.807, 2.05) is 43.3 Å². The molecule has 0 aromatic carbocycles. The summed E-state index contributed by atoms with van der Waals surface area (Å²) in [6.07, 6.45) is 6.85. The van der Waals surface area contributed by atoms with Crippen LogP contribution in [0.4, 0.5) is 11.5 Å². The van der Waals surface area contributed by atoms with Gasteiger partial charge in [-0.1, -0.05) is 12.1 Å². The smallest absolute Gasteiger partial charge is 0.254 e. The number of aromatic amines is 1. The van der Waals surface area contributed by atoms with Gasteiger partial charge in [0.2, 0.25) is 0 Å². The van der Waals surface area contributed by atoms with Crippen LogP contribution in [-0.4, -0.2) is 25.8 Å². The van der Waals surface area contributed by atoms with Crippen LogP contribution in [0, 0.1) is 6.92 Å². The van der Waals surface area contributed by atoms with Crippen molar-refractivity contribution >= 4 is 17.4 Å². The van der Waals surface area contributed by atoms with Crippen molar-refractivity contribution in [2.24, 2.45) is 0 Å². The van der Waals surface area contributed by atoms with Gasteiger partial charge in [-0.05, 0) is 31.2 Å². The molecule has 0 fully saturated rings. The summed E-state index contributed by atoms with van der Waals surface area (Å²) in [5.74, 6) is 0.518. The molecule has 3 N–H and O–H groups in total. The maximum absolute atomic E-state index is 12.4. The second-order valence-electron chi connectivity index (χ2n) is 6.08. The van der Waals surface area contributed by atoms with Gasteiger partial charge < -0.3 is 15.6 Å². The van der Waals surface area contributed by atoms with Crippen molar-refractivity contribution in [2.75, 3.05) is 5.32 Å². The number of nitrogens with one attached hydrogen (secondary N) is 3. The summed E-state index contributed by atoms with van der Waals surface area (Å²) in [6, 6.07) is 11.3. The Morgan fingerprint density at radius 3 is 2.67 bits per heavy atom. The Hall–Kier alpha value is -3.74. The minimum atomic E-state index is -0.136. The van der Waals surface area contributed by atoms with E-state index in [0.29, 0.717) is 35.0 Å². The zero-order valence-electron chi connectivity index (χ0n) is 14.7. The molecule has 1 aliphatic rings. The molecule has 0 spiro atoms. The third-order valence-corrected chi connectivity index (χ3v) is 4.20. The largest absolute Gasteiger partial charge is 0.363 e. The Morgan fingerprint density at radius 2 is 1.85 bits per heavy atom. The predicted molar refractivity (Wildman–Crippen MR) is 103 cm³/mol. The first-order chi connectivity index (χ1) is 13.2. The quantitative estimate of drug-likeness (QED) is 0.668. The highest BCUT2D eigenvalue weighted by Gasteiger charge is 2.27. The van der Waals surface area contributed by atoms with E-state index in [1.54, 1.807) is 24.8 Å². The molecular formula is C20H18N6O. The SMILES string of the molecule is Cc1ccccnc(-c2ncc(Nc3ccccn3)c3c2CNC3=O)c[nH]1. The fourth-order valence-corrected chi connectivity index (χ4v) is 2.90. The summed E-state index contributed by atoms with van der Waals surface area (Å²) in [5, 5.41) is 6.05. The number of hydrogen-bond donors (Lipinski definition) is 3. The van der Waals surface area contributed by atoms with Gasteiger partial charge in [0.1, 0.15) is 11.5 Å². The van der Waals surface area contributed by atoms with Crippen LogP contribution in [0.1, 0.15) is 21.6 Å². The average molecular weight is 358 g/mol. The molecule has 7 heteroatoms. The molecule has 0 saturated carbocycles. The van der Waals surface area contributed by atoms with Gasteiger partial charge in [-0.3, -0.25) is 14.8 Å². The van der Waals surface area contributed by atoms with Gasteiger partial charge in [0.25, 0.3) is 5.91 Å². The van der Waals surface area contributed by atoms with Crippen molar-refractivity contribution in [1.82, 2.24) is 25.3 Å². The molecule has 7 nitrogen and oxygen atoms in total. The lowest BCUT2D eigenvalue weighted by Gasteiger charge is -2.11. The standard InChI is InChI=1S/C20H18N6O/c1-13-6-2-4-8-21-16(12-23-13)19-14-10-25-20(27)18(14)15(11-24-19)26-17-7-3-5-9-22-17/h2-9,11-12,23H,10H2,1H3,(H,22,26)(H,25,27). The number of amides is 1. The maximum atomic E-state index is 12.4. The summed E-state index contributed by atoms with van der Waals surface area (Å²) in [6.45, 7) is 2.37. The topological polar surface area (TPSA) is 95.6 Å². The first-order valence-corrected chi connectivity index (χ1v) is 8.55. The Labute approximate surface area is 156 Å². The number of nitrogens with zero attached hydrogens (tertiary/aromatic N) is 3. The van der Waals surface area contributed by atoms with Gasteiger partial charge in [0, 0.05) is 36.4 Å². The van der Waals surface area contributed by atoms with Crippen LogP contribution in [0.3, 0.4) is 0 Å². The highest BCUT2D eigenvalue weighted by molar-refractivity contribution is 6.05. The molecule has 0 bridgehead atoms. The number of fused-ring (bicyclic) bond motifs is 1. The van der Waals surface area contributed by atoms with E-state index in [1.165, 1.54) is 0 Å². The van der Waals surface area contributed by atoms with Crippen LogP contribution in [0.2, 0.25) is 0 Å². The van der Waals surface area contributed by atoms with Gasteiger partial charge in [-0.15, -0.1) is 0 Å². The van der Waals surface area contributed by atoms with E-state index in [-0.39, 0.29) is 5.91 Å². The first kappa shape index (κ1) is 16.7. The lowest BCUT2D eigenvalue weighted by molar-refractivity contribution is 0.0966. The van der Waals surface area contributed by atoms with E-state index < -0.39 is 0 Å². The third-order valence-electron chi connectivity index (χ3n) is 4.20. The van der Waals surface area contributed by atoms with E-state index in [2.05, 4.69) is 30.6 Å². The summed E-state index contributed by atoms with van der Waals surface area (Å²) in [7, 11) is 0. The van der Waals surface area contributed by atoms with Crippen LogP contribution in [0.15, 0.2) is 61.2 Å². The fraction of sp³-hybridized carbons (Fsp3) is 0.100. The normalized spacial score (nSPS) is 12.1. The molecule has 4 rings (SSSR count). The number of carbonyl (C=O) groups is 1. The molecule has 134 valence electrons. The Kier molecular flexibility index (Phi) is 4.49. The predicted octanol–water partition coefficient (Wildman–Crippen LogP) is 3.29. The monoisotopic (exact) mass is 358 g/mol. The minimum Gasteiger partial charge on any atom is -0.363 e. The molecule has 0 atom stereocenters. The lowest BCUT2D eigenvalue weighted by atomic mass is 10.1. The fourth-order valence-electron chi connectivity index (χ4n) is 2.90. The number of carbonyl (C=O) groups excluding carboxylic acids is 1. The molecular weight excluding hydrogens is 340 g/mol. The van der Waals surface area contributed by atoms with Crippen LogP contribution < -0.4 is 10.6 Å². The Bertz CT molecular complexity index is 1040. The molecule has 27 heavy (non-hydrogen) atoms. The number of anilines is 2. The number of H-pyrrole nitrogens is 1. The molecule has 0 aliphatic carbocycles. The number of rotatable bonds is 3. The second-order valence-corrected chi connectivity index (χ2v) is 6.08. The lowest BCUT2D eigenvalue weighted by Crippen LogP contribution is -2.13. The van der Waals surface area contributed by atoms with E-state index >= 15 is 0 Å².